The van der Waals surface area contributed by atoms with Gasteiger partial charge in [-0.05, 0) is 36.8 Å². The van der Waals surface area contributed by atoms with Crippen molar-refractivity contribution in [2.45, 2.75) is 77.4 Å². The van der Waals surface area contributed by atoms with Crippen molar-refractivity contribution >= 4 is 35.0 Å². The summed E-state index contributed by atoms with van der Waals surface area (Å²) in [7, 11) is 0. The third kappa shape index (κ3) is 8.13. The molecular weight excluding hydrogens is 641 g/mol. The summed E-state index contributed by atoms with van der Waals surface area (Å²) < 4.78 is 20.6. The van der Waals surface area contributed by atoms with E-state index in [-0.39, 0.29) is 51.4 Å². The number of carbonyl (C=O) groups is 4. The Bertz CT molecular complexity index is 1660. The van der Waals surface area contributed by atoms with Crippen LogP contribution in [0, 0.1) is 12.3 Å². The average Bonchev–Trinajstić information content (AvgIpc) is 3.47. The van der Waals surface area contributed by atoms with Crippen LogP contribution in [-0.2, 0) is 20.9 Å². The molecule has 1 saturated heterocycles. The largest absolute Gasteiger partial charge is 0.491 e. The number of aromatic nitrogens is 3. The molecule has 3 aromatic rings. The number of nitrogens with zero attached hydrogens (tertiary/aromatic N) is 4. The van der Waals surface area contributed by atoms with Gasteiger partial charge in [0.15, 0.2) is 5.67 Å². The summed E-state index contributed by atoms with van der Waals surface area (Å²) in [5.41, 5.74) is 1.69. The van der Waals surface area contributed by atoms with Gasteiger partial charge in [-0.2, -0.15) is 0 Å². The second-order valence-corrected chi connectivity index (χ2v) is 14.0. The number of hydrogen-bond acceptors (Lipinski definition) is 10. The molecule has 3 atom stereocenters. The summed E-state index contributed by atoms with van der Waals surface area (Å²) in [6, 6.07) is 3.46. The molecule has 15 heteroatoms. The van der Waals surface area contributed by atoms with Crippen molar-refractivity contribution in [1.82, 2.24) is 35.8 Å². The zero-order chi connectivity index (χ0) is 34.6. The number of alkyl halides is 1. The first kappa shape index (κ1) is 34.8. The van der Waals surface area contributed by atoms with Crippen LogP contribution in [0.4, 0.5) is 4.39 Å². The van der Waals surface area contributed by atoms with Crippen LogP contribution in [0.3, 0.4) is 0 Å². The Morgan fingerprint density at radius 2 is 1.90 bits per heavy atom. The third-order valence-corrected chi connectivity index (χ3v) is 9.32. The maximum Gasteiger partial charge on any atom is 0.258 e. The van der Waals surface area contributed by atoms with Crippen molar-refractivity contribution in [3.8, 4) is 16.2 Å². The molecule has 13 nitrogen and oxygen atoms in total. The first-order chi connectivity index (χ1) is 22.8. The highest BCUT2D eigenvalue weighted by Crippen LogP contribution is 2.40. The van der Waals surface area contributed by atoms with E-state index in [4.69, 9.17) is 4.74 Å². The van der Waals surface area contributed by atoms with Crippen LogP contribution in [0.1, 0.15) is 61.6 Å². The summed E-state index contributed by atoms with van der Waals surface area (Å²) in [6.07, 6.45) is 3.43. The summed E-state index contributed by atoms with van der Waals surface area (Å²) in [4.78, 5) is 66.5. The summed E-state index contributed by atoms with van der Waals surface area (Å²) in [5.74, 6) is -1.76. The maximum absolute atomic E-state index is 14.5. The first-order valence-electron chi connectivity index (χ1n) is 15.7. The number of halogens is 1. The van der Waals surface area contributed by atoms with Crippen LogP contribution in [-0.4, -0.2) is 92.1 Å². The fraction of sp³-hybridized carbons (Fsp3) is 0.485. The molecule has 1 saturated carbocycles. The van der Waals surface area contributed by atoms with Crippen LogP contribution < -0.4 is 20.7 Å². The highest BCUT2D eigenvalue weighted by molar-refractivity contribution is 7.13. The molecule has 2 fully saturated rings. The number of thiazole rings is 1. The second-order valence-electron chi connectivity index (χ2n) is 13.2. The van der Waals surface area contributed by atoms with E-state index in [1.165, 1.54) is 35.0 Å². The van der Waals surface area contributed by atoms with Gasteiger partial charge in [0.05, 0.1) is 34.3 Å². The molecule has 0 bridgehead atoms. The van der Waals surface area contributed by atoms with Crippen molar-refractivity contribution in [2.75, 3.05) is 19.7 Å². The fourth-order valence-corrected chi connectivity index (χ4v) is 6.22. The quantitative estimate of drug-likeness (QED) is 0.209. The lowest BCUT2D eigenvalue weighted by molar-refractivity contribution is -0.145. The molecule has 256 valence electrons. The van der Waals surface area contributed by atoms with Crippen LogP contribution in [0.15, 0.2) is 42.4 Å². The van der Waals surface area contributed by atoms with Gasteiger partial charge in [-0.25, -0.2) is 19.3 Å². The van der Waals surface area contributed by atoms with E-state index in [1.807, 2.05) is 25.1 Å². The number of ether oxygens (including phenoxy) is 1. The van der Waals surface area contributed by atoms with Crippen LogP contribution in [0.2, 0.25) is 0 Å². The van der Waals surface area contributed by atoms with E-state index in [9.17, 15) is 28.7 Å². The number of hydrogen-bond donors (Lipinski definition) is 4. The van der Waals surface area contributed by atoms with E-state index in [2.05, 4.69) is 30.9 Å². The number of amides is 4. The van der Waals surface area contributed by atoms with Gasteiger partial charge in [0.25, 0.3) is 11.8 Å². The first-order valence-corrected chi connectivity index (χ1v) is 16.6. The molecule has 1 aliphatic carbocycles. The van der Waals surface area contributed by atoms with E-state index in [1.54, 1.807) is 26.3 Å². The standard InChI is InChI=1S/C33H40FN7O6S/c1-19-26(48-18-39-19)20-5-6-21(25(11-20)47-10-9-37-28(43)22-13-35-17-36-14-22)15-38-29(44)24-12-23(42)16-41(24)30(45)27(32(2,3)4)40-31(46)33(34)7-8-33/h5-6,11,13-14,17-18,23-24,27,42H,7-10,12,15-16H2,1-4H3,(H,37,43)(H,38,44)(H,40,46)/t23-,24+,27-/m1/s1. The summed E-state index contributed by atoms with van der Waals surface area (Å²) in [6.45, 7) is 7.41. The lowest BCUT2D eigenvalue weighted by atomic mass is 9.85. The molecule has 0 unspecified atom stereocenters. The molecule has 3 heterocycles. The minimum Gasteiger partial charge on any atom is -0.491 e. The Morgan fingerprint density at radius 3 is 2.54 bits per heavy atom. The monoisotopic (exact) mass is 681 g/mol. The van der Waals surface area contributed by atoms with Gasteiger partial charge in [0.1, 0.15) is 30.8 Å². The van der Waals surface area contributed by atoms with Crippen LogP contribution in [0.25, 0.3) is 10.4 Å². The molecule has 4 amide bonds. The fourth-order valence-electron chi connectivity index (χ4n) is 5.42. The molecule has 2 aliphatic rings. The van der Waals surface area contributed by atoms with Crippen LogP contribution in [0.5, 0.6) is 5.75 Å². The lowest BCUT2D eigenvalue weighted by Crippen LogP contribution is -2.59. The molecule has 1 aromatic carbocycles. The average molecular weight is 682 g/mol. The number of aliphatic hydroxyl groups excluding tert-OH is 1. The Kier molecular flexibility index (Phi) is 10.4. The normalized spacial score (nSPS) is 18.9. The number of aryl methyl sites for hydroxylation is 1. The second kappa shape index (κ2) is 14.3. The number of aliphatic hydroxyl groups is 1. The Morgan fingerprint density at radius 1 is 1.17 bits per heavy atom. The zero-order valence-electron chi connectivity index (χ0n) is 27.3. The summed E-state index contributed by atoms with van der Waals surface area (Å²) in [5, 5.41) is 18.7. The molecule has 0 radical (unpaired) electrons. The summed E-state index contributed by atoms with van der Waals surface area (Å²) >= 11 is 1.48. The number of β-amino-alcohol motifs (C(OH)–C–C–N with tert-alkyl or cyclic N) is 1. The molecule has 5 rings (SSSR count). The Labute approximate surface area is 281 Å². The van der Waals surface area contributed by atoms with Gasteiger partial charge in [-0.3, -0.25) is 19.2 Å². The zero-order valence-corrected chi connectivity index (χ0v) is 28.1. The van der Waals surface area contributed by atoms with Gasteiger partial charge < -0.3 is 30.7 Å². The van der Waals surface area contributed by atoms with Gasteiger partial charge in [0, 0.05) is 37.5 Å². The van der Waals surface area contributed by atoms with Gasteiger partial charge in [-0.15, -0.1) is 11.3 Å². The SMILES string of the molecule is Cc1ncsc1-c1ccc(CNC(=O)[C@@H]2C[C@@H](O)CN2C(=O)[C@@H](NC(=O)C2(F)CC2)C(C)(C)C)c(OCCNC(=O)c2cncnc2)c1. The van der Waals surface area contributed by atoms with Crippen molar-refractivity contribution in [2.24, 2.45) is 5.41 Å². The molecule has 0 spiro atoms. The van der Waals surface area contributed by atoms with Gasteiger partial charge in [-0.1, -0.05) is 32.9 Å². The van der Waals surface area contributed by atoms with Crippen molar-refractivity contribution < 1.29 is 33.4 Å². The van der Waals surface area contributed by atoms with Gasteiger partial charge in [0.2, 0.25) is 11.8 Å². The van der Waals surface area contributed by atoms with E-state index < -0.39 is 47.0 Å². The Balaban J connectivity index is 1.27. The van der Waals surface area contributed by atoms with E-state index >= 15 is 0 Å². The number of nitrogens with one attached hydrogen (secondary N) is 3. The highest BCUT2D eigenvalue weighted by atomic mass is 32.1. The van der Waals surface area contributed by atoms with Crippen LogP contribution >= 0.6 is 11.3 Å². The van der Waals surface area contributed by atoms with E-state index in [0.29, 0.717) is 16.9 Å². The van der Waals surface area contributed by atoms with Crippen molar-refractivity contribution in [3.63, 3.8) is 0 Å². The number of carbonyl (C=O) groups excluding carboxylic acids is 4. The topological polar surface area (TPSA) is 176 Å². The molecule has 2 aromatic heterocycles. The number of likely N-dealkylation sites (tertiary alicyclic amines) is 1. The maximum atomic E-state index is 14.5. The minimum absolute atomic E-state index is 0.00847. The molecule has 48 heavy (non-hydrogen) atoms. The lowest BCUT2D eigenvalue weighted by Gasteiger charge is -2.35. The van der Waals surface area contributed by atoms with E-state index in [0.717, 1.165) is 16.1 Å². The predicted molar refractivity (Wildman–Crippen MR) is 175 cm³/mol. The van der Waals surface area contributed by atoms with Crippen molar-refractivity contribution in [1.29, 1.82) is 0 Å². The molecular formula is C33H40FN7O6S. The number of benzene rings is 1. The predicted octanol–water partition coefficient (Wildman–Crippen LogP) is 2.33. The smallest absolute Gasteiger partial charge is 0.258 e. The molecule has 4 N–H and O–H groups in total. The minimum atomic E-state index is -1.97. The number of rotatable bonds is 12. The Hall–Kier alpha value is -4.50. The van der Waals surface area contributed by atoms with Gasteiger partial charge >= 0.3 is 0 Å². The highest BCUT2D eigenvalue weighted by Gasteiger charge is 2.53. The third-order valence-electron chi connectivity index (χ3n) is 8.34. The van der Waals surface area contributed by atoms with Crippen molar-refractivity contribution in [3.05, 3.63) is 59.3 Å². The molecule has 1 aliphatic heterocycles.